The molecule has 2 aromatic heterocycles. The lowest BCUT2D eigenvalue weighted by molar-refractivity contribution is -0.0122. The summed E-state index contributed by atoms with van der Waals surface area (Å²) in [5.74, 6) is 0.800. The molecule has 1 aliphatic heterocycles. The molecule has 1 fully saturated rings. The molecule has 2 aromatic rings. The number of likely N-dealkylation sites (N-methyl/N-ethyl adjacent to an activating group) is 2. The van der Waals surface area contributed by atoms with Crippen LogP contribution in [0, 0.1) is 0 Å². The van der Waals surface area contributed by atoms with Crippen LogP contribution >= 0.6 is 11.3 Å². The highest BCUT2D eigenvalue weighted by Crippen LogP contribution is 2.23. The molecule has 0 amide bonds. The van der Waals surface area contributed by atoms with Crippen molar-refractivity contribution in [2.24, 2.45) is 5.73 Å². The first-order chi connectivity index (χ1) is 27.4. The third kappa shape index (κ3) is 22.4. The molecule has 56 heavy (non-hydrogen) atoms. The molecule has 3 heterocycles. The van der Waals surface area contributed by atoms with Crippen molar-refractivity contribution in [2.45, 2.75) is 45.7 Å². The van der Waals surface area contributed by atoms with Gasteiger partial charge in [-0.1, -0.05) is 27.0 Å². The molecule has 0 spiro atoms. The van der Waals surface area contributed by atoms with E-state index in [9.17, 15) is 4.39 Å². The fourth-order valence-electron chi connectivity index (χ4n) is 5.26. The van der Waals surface area contributed by atoms with Gasteiger partial charge >= 0.3 is 0 Å². The van der Waals surface area contributed by atoms with Gasteiger partial charge in [-0.25, -0.2) is 14.4 Å². The smallest absolute Gasteiger partial charge is 0.128 e. The lowest BCUT2D eigenvalue weighted by Crippen LogP contribution is -2.32. The summed E-state index contributed by atoms with van der Waals surface area (Å²) in [5.41, 5.74) is 7.18. The molecule has 13 nitrogen and oxygen atoms in total. The Hall–Kier alpha value is -2.57. The SMILES string of the molecule is C=C(/C=c1/sc(-c2ccc(N3CCC(F)C3)nc2)nc1=C)N(C)CCN(C)CCOCCOCCOCCOCCOCCCCCOCCOCCN.CC. The van der Waals surface area contributed by atoms with Crippen molar-refractivity contribution in [3.05, 3.63) is 40.5 Å². The van der Waals surface area contributed by atoms with Crippen LogP contribution in [0.15, 0.2) is 30.6 Å². The minimum absolute atomic E-state index is 0.404. The molecule has 1 atom stereocenters. The van der Waals surface area contributed by atoms with Gasteiger partial charge in [-0.2, -0.15) is 0 Å². The highest BCUT2D eigenvalue weighted by molar-refractivity contribution is 7.13. The average molecular weight is 811 g/mol. The van der Waals surface area contributed by atoms with Crippen LogP contribution in [0.1, 0.15) is 39.5 Å². The monoisotopic (exact) mass is 811 g/mol. The van der Waals surface area contributed by atoms with E-state index < -0.39 is 6.17 Å². The minimum atomic E-state index is -0.779. The first-order valence-electron chi connectivity index (χ1n) is 20.2. The van der Waals surface area contributed by atoms with Crippen LogP contribution in [0.2, 0.25) is 0 Å². The Morgan fingerprint density at radius 1 is 0.821 bits per heavy atom. The second-order valence-electron chi connectivity index (χ2n) is 13.1. The van der Waals surface area contributed by atoms with Crippen molar-refractivity contribution in [3.8, 4) is 10.6 Å². The highest BCUT2D eigenvalue weighted by atomic mass is 32.1. The number of hydrogen-bond acceptors (Lipinski definition) is 14. The molecule has 1 aliphatic rings. The summed E-state index contributed by atoms with van der Waals surface area (Å²) in [6.07, 6.45) is 6.73. The van der Waals surface area contributed by atoms with E-state index in [1.54, 1.807) is 17.5 Å². The van der Waals surface area contributed by atoms with Crippen molar-refractivity contribution < 1.29 is 37.5 Å². The van der Waals surface area contributed by atoms with Crippen LogP contribution in [-0.4, -0.2) is 172 Å². The molecular formula is C41H71FN6O7S. The number of halogens is 1. The van der Waals surface area contributed by atoms with Gasteiger partial charge in [0.15, 0.2) is 0 Å². The molecule has 0 radical (unpaired) electrons. The highest BCUT2D eigenvalue weighted by Gasteiger charge is 2.22. The molecule has 15 heteroatoms. The number of aromatic nitrogens is 2. The van der Waals surface area contributed by atoms with E-state index in [1.807, 2.05) is 44.0 Å². The van der Waals surface area contributed by atoms with Gasteiger partial charge < -0.3 is 53.6 Å². The number of alkyl halides is 1. The quantitative estimate of drug-likeness (QED) is 0.106. The fourth-order valence-corrected chi connectivity index (χ4v) is 6.22. The number of nitrogens with zero attached hydrogens (tertiary/aromatic N) is 5. The van der Waals surface area contributed by atoms with Crippen LogP contribution in [0.3, 0.4) is 0 Å². The third-order valence-electron chi connectivity index (χ3n) is 8.60. The normalized spacial score (nSPS) is 14.4. The van der Waals surface area contributed by atoms with Gasteiger partial charge in [0.25, 0.3) is 0 Å². The number of rotatable bonds is 33. The molecule has 0 saturated carbocycles. The number of nitrogens with two attached hydrogens (primary N) is 1. The fraction of sp³-hybridized carbons (Fsp3) is 0.707. The van der Waals surface area contributed by atoms with E-state index in [0.717, 1.165) is 78.7 Å². The zero-order chi connectivity index (χ0) is 40.6. The summed E-state index contributed by atoms with van der Waals surface area (Å²) in [6.45, 7) is 24.8. The Morgan fingerprint density at radius 2 is 1.38 bits per heavy atom. The van der Waals surface area contributed by atoms with Crippen LogP contribution in [0.4, 0.5) is 10.2 Å². The van der Waals surface area contributed by atoms with Crippen molar-refractivity contribution in [1.29, 1.82) is 0 Å². The summed E-state index contributed by atoms with van der Waals surface area (Å²) in [4.78, 5) is 15.6. The van der Waals surface area contributed by atoms with Crippen molar-refractivity contribution in [1.82, 2.24) is 19.8 Å². The molecule has 0 aromatic carbocycles. The van der Waals surface area contributed by atoms with Gasteiger partial charge in [0.2, 0.25) is 0 Å². The second kappa shape index (κ2) is 32.4. The molecule has 320 valence electrons. The van der Waals surface area contributed by atoms with Crippen LogP contribution in [-0.2, 0) is 33.2 Å². The first-order valence-corrected chi connectivity index (χ1v) is 21.0. The van der Waals surface area contributed by atoms with E-state index in [0.29, 0.717) is 111 Å². The van der Waals surface area contributed by atoms with E-state index >= 15 is 0 Å². The third-order valence-corrected chi connectivity index (χ3v) is 9.69. The number of allylic oxidation sites excluding steroid dienone is 1. The Balaban J connectivity index is 0.00000532. The standard InChI is InChI=1S/C39H65FN6O7S.C2H6/c1-33(30-37-34(2)43-39(54-37)35-8-9-38(42-31-35)46-12-10-36(40)32-46)45(4)14-13-44(3)15-19-50-23-25-52-27-29-53-28-26-51-24-21-48-17-7-5-6-16-47-20-22-49-18-11-41;1-2/h8-9,30-31,36H,1-2,5-7,10-29,32,41H2,3-4H3;1-2H3/b37-30+;. The van der Waals surface area contributed by atoms with Gasteiger partial charge in [-0.15, -0.1) is 11.3 Å². The molecule has 1 saturated heterocycles. The largest absolute Gasteiger partial charge is 0.379 e. The van der Waals surface area contributed by atoms with E-state index in [1.165, 1.54) is 0 Å². The molecule has 0 aliphatic carbocycles. The van der Waals surface area contributed by atoms with Crippen molar-refractivity contribution in [2.75, 3.05) is 151 Å². The average Bonchev–Trinajstić information content (AvgIpc) is 3.82. The van der Waals surface area contributed by atoms with Crippen molar-refractivity contribution >= 4 is 29.8 Å². The maximum Gasteiger partial charge on any atom is 0.128 e. The van der Waals surface area contributed by atoms with Crippen LogP contribution < -0.4 is 20.5 Å². The molecule has 3 rings (SSSR count). The van der Waals surface area contributed by atoms with Gasteiger partial charge in [0, 0.05) is 70.4 Å². The number of ether oxygens (including phenoxy) is 7. The lowest BCUT2D eigenvalue weighted by atomic mass is 10.2. The van der Waals surface area contributed by atoms with E-state index in [2.05, 4.69) is 40.0 Å². The number of thiazole rings is 1. The minimum Gasteiger partial charge on any atom is -0.379 e. The summed E-state index contributed by atoms with van der Waals surface area (Å²) >= 11 is 1.56. The Morgan fingerprint density at radius 3 is 1.89 bits per heavy atom. The van der Waals surface area contributed by atoms with Crippen LogP contribution in [0.25, 0.3) is 23.2 Å². The first kappa shape index (κ1) is 49.6. The topological polar surface area (TPSA) is 126 Å². The summed E-state index contributed by atoms with van der Waals surface area (Å²) < 4.78 is 53.4. The predicted octanol–water partition coefficient (Wildman–Crippen LogP) is 3.59. The Kier molecular flexibility index (Phi) is 28.7. The summed E-state index contributed by atoms with van der Waals surface area (Å²) in [7, 11) is 4.12. The number of hydrogen-bond donors (Lipinski definition) is 1. The van der Waals surface area contributed by atoms with Crippen LogP contribution in [0.5, 0.6) is 0 Å². The number of pyridine rings is 1. The van der Waals surface area contributed by atoms with Crippen molar-refractivity contribution in [3.63, 3.8) is 0 Å². The Bertz CT molecular complexity index is 1380. The lowest BCUT2D eigenvalue weighted by Gasteiger charge is -2.23. The maximum atomic E-state index is 13.6. The van der Waals surface area contributed by atoms with Gasteiger partial charge in [0.05, 0.1) is 95.7 Å². The maximum absolute atomic E-state index is 13.6. The molecule has 2 N–H and O–H groups in total. The number of unbranched alkanes of at least 4 members (excludes halogenated alkanes) is 2. The second-order valence-corrected chi connectivity index (χ2v) is 14.1. The summed E-state index contributed by atoms with van der Waals surface area (Å²) in [5, 5.41) is 1.56. The van der Waals surface area contributed by atoms with Gasteiger partial charge in [0.1, 0.15) is 17.0 Å². The van der Waals surface area contributed by atoms with Gasteiger partial charge in [-0.3, -0.25) is 0 Å². The predicted molar refractivity (Wildman–Crippen MR) is 226 cm³/mol. The Labute approximate surface area is 339 Å². The van der Waals surface area contributed by atoms with E-state index in [-0.39, 0.29) is 0 Å². The van der Waals surface area contributed by atoms with Gasteiger partial charge in [-0.05, 0) is 50.9 Å². The zero-order valence-corrected chi connectivity index (χ0v) is 35.5. The summed E-state index contributed by atoms with van der Waals surface area (Å²) in [6, 6.07) is 3.93. The molecular weight excluding hydrogens is 740 g/mol. The number of anilines is 1. The molecule has 0 bridgehead atoms. The zero-order valence-electron chi connectivity index (χ0n) is 34.7. The molecule has 1 unspecified atom stereocenters. The van der Waals surface area contributed by atoms with E-state index in [4.69, 9.17) is 38.9 Å².